The Labute approximate surface area is 144 Å². The number of pyridine rings is 1. The van der Waals surface area contributed by atoms with Crippen molar-refractivity contribution in [3.8, 4) is 0 Å². The Morgan fingerprint density at radius 3 is 2.43 bits per heavy atom. The second kappa shape index (κ2) is 6.37. The molecule has 0 N–H and O–H groups in total. The first-order valence-corrected chi connectivity index (χ1v) is 8.81. The normalized spacial score (nSPS) is 14.1. The van der Waals surface area contributed by atoms with Crippen LogP contribution in [-0.4, -0.2) is 4.98 Å². The third-order valence-corrected chi connectivity index (χ3v) is 5.87. The van der Waals surface area contributed by atoms with Crippen LogP contribution in [0.3, 0.4) is 0 Å². The van der Waals surface area contributed by atoms with Crippen molar-refractivity contribution in [1.29, 1.82) is 0 Å². The minimum absolute atomic E-state index is 0.485. The SMILES string of the molecule is Cc1cc(Sc2cc(Cl)c(Cl)cc2Cl)c2c(n1)CCCC2. The Morgan fingerprint density at radius 2 is 1.62 bits per heavy atom. The molecule has 0 saturated carbocycles. The number of aromatic nitrogens is 1. The molecule has 1 aliphatic carbocycles. The number of aryl methyl sites for hydroxylation is 2. The molecule has 0 fully saturated rings. The van der Waals surface area contributed by atoms with E-state index >= 15 is 0 Å². The number of halogens is 3. The Bertz CT molecular complexity index is 700. The van der Waals surface area contributed by atoms with Crippen LogP contribution in [0, 0.1) is 6.92 Å². The predicted molar refractivity (Wildman–Crippen MR) is 91.2 cm³/mol. The summed E-state index contributed by atoms with van der Waals surface area (Å²) in [5.41, 5.74) is 3.65. The molecule has 1 aromatic heterocycles. The Hall–Kier alpha value is -0.410. The summed E-state index contributed by atoms with van der Waals surface area (Å²) in [5.74, 6) is 0. The lowest BCUT2D eigenvalue weighted by Gasteiger charge is -2.19. The van der Waals surface area contributed by atoms with E-state index in [1.165, 1.54) is 29.0 Å². The van der Waals surface area contributed by atoms with Crippen molar-refractivity contribution in [1.82, 2.24) is 4.98 Å². The lowest BCUT2D eigenvalue weighted by Crippen LogP contribution is -2.07. The molecule has 0 saturated heterocycles. The topological polar surface area (TPSA) is 12.9 Å². The van der Waals surface area contributed by atoms with Crippen LogP contribution < -0.4 is 0 Å². The Morgan fingerprint density at radius 1 is 0.905 bits per heavy atom. The average Bonchev–Trinajstić information content (AvgIpc) is 2.44. The van der Waals surface area contributed by atoms with Gasteiger partial charge in [0.25, 0.3) is 0 Å². The monoisotopic (exact) mass is 357 g/mol. The maximum atomic E-state index is 6.29. The summed E-state index contributed by atoms with van der Waals surface area (Å²) in [6, 6.07) is 5.67. The van der Waals surface area contributed by atoms with Crippen LogP contribution in [0.2, 0.25) is 15.1 Å². The van der Waals surface area contributed by atoms with Crippen LogP contribution in [0.5, 0.6) is 0 Å². The highest BCUT2D eigenvalue weighted by Crippen LogP contribution is 2.41. The van der Waals surface area contributed by atoms with Crippen molar-refractivity contribution in [3.63, 3.8) is 0 Å². The first-order valence-electron chi connectivity index (χ1n) is 6.86. The van der Waals surface area contributed by atoms with Gasteiger partial charge >= 0.3 is 0 Å². The van der Waals surface area contributed by atoms with Crippen LogP contribution in [0.15, 0.2) is 28.0 Å². The van der Waals surface area contributed by atoms with E-state index < -0.39 is 0 Å². The zero-order valence-electron chi connectivity index (χ0n) is 11.5. The van der Waals surface area contributed by atoms with Crippen molar-refractivity contribution < 1.29 is 0 Å². The lowest BCUT2D eigenvalue weighted by atomic mass is 9.96. The van der Waals surface area contributed by atoms with Gasteiger partial charge < -0.3 is 0 Å². The molecule has 0 radical (unpaired) electrons. The molecule has 0 amide bonds. The number of hydrogen-bond acceptors (Lipinski definition) is 2. The van der Waals surface area contributed by atoms with Gasteiger partial charge in [-0.2, -0.15) is 0 Å². The van der Waals surface area contributed by atoms with Gasteiger partial charge in [0, 0.05) is 21.2 Å². The Balaban J connectivity index is 2.02. The summed E-state index contributed by atoms with van der Waals surface area (Å²) < 4.78 is 0. The number of rotatable bonds is 2. The second-order valence-electron chi connectivity index (χ2n) is 5.19. The zero-order valence-corrected chi connectivity index (χ0v) is 14.6. The van der Waals surface area contributed by atoms with E-state index in [1.807, 2.05) is 13.0 Å². The smallest absolute Gasteiger partial charge is 0.0607 e. The fraction of sp³-hybridized carbons (Fsp3) is 0.312. The van der Waals surface area contributed by atoms with E-state index in [4.69, 9.17) is 34.8 Å². The zero-order chi connectivity index (χ0) is 15.0. The highest BCUT2D eigenvalue weighted by Gasteiger charge is 2.17. The van der Waals surface area contributed by atoms with Gasteiger partial charge in [-0.25, -0.2) is 0 Å². The predicted octanol–water partition coefficient (Wildman–Crippen LogP) is 6.38. The summed E-state index contributed by atoms with van der Waals surface area (Å²) in [4.78, 5) is 6.85. The van der Waals surface area contributed by atoms with E-state index in [0.29, 0.717) is 15.1 Å². The van der Waals surface area contributed by atoms with Crippen LogP contribution in [0.25, 0.3) is 0 Å². The molecule has 0 bridgehead atoms. The molecule has 1 heterocycles. The fourth-order valence-corrected chi connectivity index (χ4v) is 4.46. The molecule has 5 heteroatoms. The van der Waals surface area contributed by atoms with Crippen molar-refractivity contribution >= 4 is 46.6 Å². The van der Waals surface area contributed by atoms with Crippen LogP contribution >= 0.6 is 46.6 Å². The molecule has 0 unspecified atom stereocenters. The molecule has 0 atom stereocenters. The first-order chi connectivity index (χ1) is 10.0. The number of fused-ring (bicyclic) bond motifs is 1. The summed E-state index contributed by atoms with van der Waals surface area (Å²) in [5, 5.41) is 1.65. The standard InChI is InChI=1S/C16H14Cl3NS/c1-9-6-15(10-4-2-3-5-14(10)20-9)21-16-8-12(18)11(17)7-13(16)19/h6-8H,2-5H2,1H3. The third-order valence-electron chi connectivity index (χ3n) is 3.58. The molecular weight excluding hydrogens is 345 g/mol. The molecule has 110 valence electrons. The van der Waals surface area contributed by atoms with Gasteiger partial charge in [0.1, 0.15) is 0 Å². The largest absolute Gasteiger partial charge is 0.258 e. The lowest BCUT2D eigenvalue weighted by molar-refractivity contribution is 0.654. The highest BCUT2D eigenvalue weighted by atomic mass is 35.5. The molecule has 1 nitrogen and oxygen atoms in total. The van der Waals surface area contributed by atoms with Gasteiger partial charge in [-0.1, -0.05) is 46.6 Å². The van der Waals surface area contributed by atoms with Crippen molar-refractivity contribution in [2.24, 2.45) is 0 Å². The van der Waals surface area contributed by atoms with Crippen molar-refractivity contribution in [2.45, 2.75) is 42.4 Å². The second-order valence-corrected chi connectivity index (χ2v) is 7.50. The molecule has 0 spiro atoms. The average molecular weight is 359 g/mol. The van der Waals surface area contributed by atoms with E-state index in [2.05, 4.69) is 11.1 Å². The van der Waals surface area contributed by atoms with Crippen LogP contribution in [0.1, 0.15) is 29.8 Å². The van der Waals surface area contributed by atoms with E-state index in [-0.39, 0.29) is 0 Å². The molecule has 1 aliphatic rings. The Kier molecular flexibility index (Phi) is 4.70. The molecule has 0 aliphatic heterocycles. The van der Waals surface area contributed by atoms with Crippen molar-refractivity contribution in [2.75, 3.05) is 0 Å². The minimum Gasteiger partial charge on any atom is -0.258 e. The van der Waals surface area contributed by atoms with E-state index in [9.17, 15) is 0 Å². The van der Waals surface area contributed by atoms with Gasteiger partial charge in [-0.05, 0) is 56.4 Å². The van der Waals surface area contributed by atoms with E-state index in [1.54, 1.807) is 17.8 Å². The molecule has 3 rings (SSSR count). The van der Waals surface area contributed by atoms with Gasteiger partial charge in [0.05, 0.1) is 15.1 Å². The molecule has 21 heavy (non-hydrogen) atoms. The van der Waals surface area contributed by atoms with Crippen LogP contribution in [-0.2, 0) is 12.8 Å². The van der Waals surface area contributed by atoms with Crippen molar-refractivity contribution in [3.05, 3.63) is 50.2 Å². The quantitative estimate of drug-likeness (QED) is 0.578. The number of hydrogen-bond donors (Lipinski definition) is 0. The third kappa shape index (κ3) is 3.34. The van der Waals surface area contributed by atoms with Crippen LogP contribution in [0.4, 0.5) is 0 Å². The highest BCUT2D eigenvalue weighted by molar-refractivity contribution is 7.99. The van der Waals surface area contributed by atoms with E-state index in [0.717, 1.165) is 23.4 Å². The minimum atomic E-state index is 0.485. The summed E-state index contributed by atoms with van der Waals surface area (Å²) in [6.45, 7) is 2.04. The van der Waals surface area contributed by atoms with Gasteiger partial charge in [0.2, 0.25) is 0 Å². The summed E-state index contributed by atoms with van der Waals surface area (Å²) in [6.07, 6.45) is 4.60. The number of nitrogens with zero attached hydrogens (tertiary/aromatic N) is 1. The summed E-state index contributed by atoms with van der Waals surface area (Å²) >= 11 is 20.0. The maximum absolute atomic E-state index is 6.29. The fourth-order valence-electron chi connectivity index (χ4n) is 2.59. The first kappa shape index (κ1) is 15.5. The number of benzene rings is 1. The van der Waals surface area contributed by atoms with Gasteiger partial charge in [-0.3, -0.25) is 4.98 Å². The summed E-state index contributed by atoms with van der Waals surface area (Å²) in [7, 11) is 0. The van der Waals surface area contributed by atoms with Gasteiger partial charge in [-0.15, -0.1) is 0 Å². The van der Waals surface area contributed by atoms with Gasteiger partial charge in [0.15, 0.2) is 0 Å². The maximum Gasteiger partial charge on any atom is 0.0607 e. The molecular formula is C16H14Cl3NS. The molecule has 1 aromatic carbocycles. The molecule has 2 aromatic rings.